The summed E-state index contributed by atoms with van der Waals surface area (Å²) in [5, 5.41) is 4.17. The van der Waals surface area contributed by atoms with Gasteiger partial charge >= 0.3 is 0 Å². The summed E-state index contributed by atoms with van der Waals surface area (Å²) in [5.74, 6) is 1.52. The molecule has 0 aliphatic heterocycles. The van der Waals surface area contributed by atoms with E-state index in [1.54, 1.807) is 7.11 Å². The van der Waals surface area contributed by atoms with Crippen LogP contribution in [0.5, 0.6) is 5.75 Å². The second-order valence-corrected chi connectivity index (χ2v) is 4.91. The molecule has 0 aliphatic carbocycles. The minimum absolute atomic E-state index is 0.576. The summed E-state index contributed by atoms with van der Waals surface area (Å²) in [6, 6.07) is 9.94. The van der Waals surface area contributed by atoms with Crippen LogP contribution in [0.1, 0.15) is 12.0 Å². The predicted octanol–water partition coefficient (Wildman–Crippen LogP) is 2.00. The molecule has 0 fully saturated rings. The van der Waals surface area contributed by atoms with Crippen molar-refractivity contribution in [2.45, 2.75) is 19.5 Å². The maximum atomic E-state index is 5.59. The Hall–Kier alpha value is -2.01. The summed E-state index contributed by atoms with van der Waals surface area (Å²) in [6.07, 6.45) is 2.95. The molecule has 0 aliphatic rings. The Balaban J connectivity index is 1.79. The van der Waals surface area contributed by atoms with Gasteiger partial charge in [-0.3, -0.25) is 4.68 Å². The number of anilines is 1. The molecule has 0 saturated carbocycles. The van der Waals surface area contributed by atoms with E-state index >= 15 is 0 Å². The summed E-state index contributed by atoms with van der Waals surface area (Å²) in [6.45, 7) is 2.76. The largest absolute Gasteiger partial charge is 0.496 e. The average Bonchev–Trinajstić information content (AvgIpc) is 2.85. The topological polar surface area (TPSA) is 56.3 Å². The van der Waals surface area contributed by atoms with Gasteiger partial charge in [-0.05, 0) is 32.1 Å². The predicted molar refractivity (Wildman–Crippen MR) is 80.6 cm³/mol. The van der Waals surface area contributed by atoms with E-state index < -0.39 is 0 Å². The van der Waals surface area contributed by atoms with Crippen LogP contribution in [0.25, 0.3) is 0 Å². The summed E-state index contributed by atoms with van der Waals surface area (Å²) >= 11 is 0. The number of benzene rings is 1. The Morgan fingerprint density at radius 1 is 1.30 bits per heavy atom. The van der Waals surface area contributed by atoms with Crippen molar-refractivity contribution >= 4 is 5.82 Å². The Bertz CT molecular complexity index is 538. The van der Waals surface area contributed by atoms with Gasteiger partial charge in [-0.25, -0.2) is 0 Å². The molecular formula is C15H22N4O. The van der Waals surface area contributed by atoms with E-state index in [4.69, 9.17) is 10.5 Å². The summed E-state index contributed by atoms with van der Waals surface area (Å²) < 4.78 is 7.25. The van der Waals surface area contributed by atoms with Crippen LogP contribution in [0.2, 0.25) is 0 Å². The van der Waals surface area contributed by atoms with Crippen molar-refractivity contribution in [3.63, 3.8) is 0 Å². The zero-order valence-corrected chi connectivity index (χ0v) is 12.1. The van der Waals surface area contributed by atoms with E-state index in [1.165, 1.54) is 5.56 Å². The fourth-order valence-corrected chi connectivity index (χ4v) is 2.21. The monoisotopic (exact) mass is 274 g/mol. The SMILES string of the molecule is COc1ccccc1CN(C)CCCn1ccc(N)n1. The number of nitrogen functional groups attached to an aromatic ring is 1. The third-order valence-electron chi connectivity index (χ3n) is 3.22. The molecule has 2 N–H and O–H groups in total. The number of methoxy groups -OCH3 is 1. The molecule has 0 spiro atoms. The number of aryl methyl sites for hydroxylation is 1. The molecule has 2 rings (SSSR count). The van der Waals surface area contributed by atoms with Crippen molar-refractivity contribution in [2.75, 3.05) is 26.4 Å². The molecule has 0 unspecified atom stereocenters. The average molecular weight is 274 g/mol. The summed E-state index contributed by atoms with van der Waals surface area (Å²) in [7, 11) is 3.82. The molecule has 0 radical (unpaired) electrons. The van der Waals surface area contributed by atoms with Crippen LogP contribution in [-0.4, -0.2) is 35.4 Å². The molecule has 0 bridgehead atoms. The third kappa shape index (κ3) is 3.99. The van der Waals surface area contributed by atoms with Gasteiger partial charge in [0.2, 0.25) is 0 Å². The number of hydrogen-bond donors (Lipinski definition) is 1. The van der Waals surface area contributed by atoms with E-state index in [9.17, 15) is 0 Å². The van der Waals surface area contributed by atoms with Crippen molar-refractivity contribution in [3.05, 3.63) is 42.1 Å². The van der Waals surface area contributed by atoms with Crippen LogP contribution >= 0.6 is 0 Å². The number of aromatic nitrogens is 2. The smallest absolute Gasteiger partial charge is 0.145 e. The van der Waals surface area contributed by atoms with Crippen molar-refractivity contribution < 1.29 is 4.74 Å². The van der Waals surface area contributed by atoms with Gasteiger partial charge in [-0.15, -0.1) is 0 Å². The number of rotatable bonds is 7. The lowest BCUT2D eigenvalue weighted by Gasteiger charge is -2.18. The highest BCUT2D eigenvalue weighted by Crippen LogP contribution is 2.18. The van der Waals surface area contributed by atoms with Gasteiger partial charge in [-0.1, -0.05) is 18.2 Å². The van der Waals surface area contributed by atoms with E-state index in [0.717, 1.165) is 31.8 Å². The molecule has 2 aromatic rings. The number of hydrogen-bond acceptors (Lipinski definition) is 4. The Morgan fingerprint density at radius 3 is 2.80 bits per heavy atom. The molecule has 0 atom stereocenters. The molecule has 20 heavy (non-hydrogen) atoms. The van der Waals surface area contributed by atoms with Gasteiger partial charge in [0.15, 0.2) is 0 Å². The van der Waals surface area contributed by atoms with E-state index in [2.05, 4.69) is 23.1 Å². The number of nitrogens with zero attached hydrogens (tertiary/aromatic N) is 3. The van der Waals surface area contributed by atoms with Gasteiger partial charge in [0, 0.05) is 24.8 Å². The molecule has 0 amide bonds. The van der Waals surface area contributed by atoms with Gasteiger partial charge < -0.3 is 15.4 Å². The molecule has 1 aromatic heterocycles. The van der Waals surface area contributed by atoms with Gasteiger partial charge in [0.25, 0.3) is 0 Å². The standard InChI is InChI=1S/C15H22N4O/c1-18(9-5-10-19-11-8-15(16)17-19)12-13-6-3-4-7-14(13)20-2/h3-4,6-8,11H,5,9-10,12H2,1-2H3,(H2,16,17). The first kappa shape index (κ1) is 14.4. The molecule has 5 nitrogen and oxygen atoms in total. The van der Waals surface area contributed by atoms with Crippen LogP contribution in [-0.2, 0) is 13.1 Å². The second kappa shape index (κ2) is 6.96. The first-order valence-corrected chi connectivity index (χ1v) is 6.78. The minimum atomic E-state index is 0.576. The number of para-hydroxylation sites is 1. The van der Waals surface area contributed by atoms with Crippen LogP contribution in [0, 0.1) is 0 Å². The fourth-order valence-electron chi connectivity index (χ4n) is 2.21. The minimum Gasteiger partial charge on any atom is -0.496 e. The Morgan fingerprint density at radius 2 is 2.10 bits per heavy atom. The number of nitrogens with two attached hydrogens (primary N) is 1. The Labute approximate surface area is 119 Å². The van der Waals surface area contributed by atoms with Crippen molar-refractivity contribution in [2.24, 2.45) is 0 Å². The lowest BCUT2D eigenvalue weighted by Crippen LogP contribution is -2.20. The van der Waals surface area contributed by atoms with Crippen molar-refractivity contribution in [1.29, 1.82) is 0 Å². The highest BCUT2D eigenvalue weighted by Gasteiger charge is 2.05. The molecular weight excluding hydrogens is 252 g/mol. The normalized spacial score (nSPS) is 10.9. The lowest BCUT2D eigenvalue weighted by atomic mass is 10.2. The van der Waals surface area contributed by atoms with Gasteiger partial charge in [0.05, 0.1) is 7.11 Å². The molecule has 1 aromatic carbocycles. The first-order chi connectivity index (χ1) is 9.69. The van der Waals surface area contributed by atoms with Gasteiger partial charge in [0.1, 0.15) is 11.6 Å². The second-order valence-electron chi connectivity index (χ2n) is 4.91. The van der Waals surface area contributed by atoms with Crippen molar-refractivity contribution in [3.8, 4) is 5.75 Å². The van der Waals surface area contributed by atoms with E-state index in [0.29, 0.717) is 5.82 Å². The summed E-state index contributed by atoms with van der Waals surface area (Å²) in [5.41, 5.74) is 6.80. The number of ether oxygens (including phenoxy) is 1. The zero-order valence-electron chi connectivity index (χ0n) is 12.1. The van der Waals surface area contributed by atoms with Gasteiger partial charge in [-0.2, -0.15) is 5.10 Å². The quantitative estimate of drug-likeness (QED) is 0.839. The summed E-state index contributed by atoms with van der Waals surface area (Å²) in [4.78, 5) is 2.28. The highest BCUT2D eigenvalue weighted by atomic mass is 16.5. The van der Waals surface area contributed by atoms with Crippen LogP contribution in [0.3, 0.4) is 0 Å². The molecule has 0 saturated heterocycles. The Kier molecular flexibility index (Phi) is 5.01. The zero-order chi connectivity index (χ0) is 14.4. The third-order valence-corrected chi connectivity index (χ3v) is 3.22. The molecule has 5 heteroatoms. The highest BCUT2D eigenvalue weighted by molar-refractivity contribution is 5.33. The van der Waals surface area contributed by atoms with Crippen molar-refractivity contribution in [1.82, 2.24) is 14.7 Å². The van der Waals surface area contributed by atoms with E-state index in [1.807, 2.05) is 35.1 Å². The molecule has 108 valence electrons. The fraction of sp³-hybridized carbons (Fsp3) is 0.400. The maximum absolute atomic E-state index is 5.59. The van der Waals surface area contributed by atoms with Crippen LogP contribution in [0.4, 0.5) is 5.82 Å². The maximum Gasteiger partial charge on any atom is 0.145 e. The first-order valence-electron chi connectivity index (χ1n) is 6.78. The molecule has 1 heterocycles. The lowest BCUT2D eigenvalue weighted by molar-refractivity contribution is 0.304. The van der Waals surface area contributed by atoms with Crippen LogP contribution in [0.15, 0.2) is 36.5 Å². The van der Waals surface area contributed by atoms with E-state index in [-0.39, 0.29) is 0 Å². The van der Waals surface area contributed by atoms with Crippen LogP contribution < -0.4 is 10.5 Å².